The molecule has 0 radical (unpaired) electrons. The van der Waals surface area contributed by atoms with Crippen LogP contribution in [0.3, 0.4) is 0 Å². The van der Waals surface area contributed by atoms with E-state index in [4.69, 9.17) is 4.18 Å². The zero-order valence-electron chi connectivity index (χ0n) is 14.9. The van der Waals surface area contributed by atoms with Crippen LogP contribution in [0.5, 0.6) is 0 Å². The van der Waals surface area contributed by atoms with Crippen molar-refractivity contribution in [1.82, 2.24) is 4.72 Å². The third kappa shape index (κ3) is 5.67. The summed E-state index contributed by atoms with van der Waals surface area (Å²) in [5.41, 5.74) is 0. The van der Waals surface area contributed by atoms with Crippen molar-refractivity contribution in [3.63, 3.8) is 0 Å². The smallest absolute Gasteiger partial charge is 0.305 e. The lowest BCUT2D eigenvalue weighted by molar-refractivity contribution is -0.140. The van der Waals surface area contributed by atoms with E-state index in [0.717, 1.165) is 31.6 Å². The number of allylic oxidation sites excluding steroid dienone is 2. The molecule has 2 aliphatic carbocycles. The highest BCUT2D eigenvalue weighted by Crippen LogP contribution is 2.50. The van der Waals surface area contributed by atoms with Crippen LogP contribution in [0.1, 0.15) is 58.3 Å². The van der Waals surface area contributed by atoms with Gasteiger partial charge >= 0.3 is 5.97 Å². The van der Waals surface area contributed by atoms with E-state index in [0.29, 0.717) is 30.9 Å². The number of carbonyl (C=O) groups excluding carboxylic acids is 1. The average Bonchev–Trinajstić information content (AvgIpc) is 3.18. The molecule has 5 nitrogen and oxygen atoms in total. The normalized spacial score (nSPS) is 30.1. The van der Waals surface area contributed by atoms with Crippen LogP contribution in [0, 0.1) is 17.8 Å². The van der Waals surface area contributed by atoms with Gasteiger partial charge in [0, 0.05) is 12.5 Å². The molecular weight excluding hydrogens is 326 g/mol. The second-order valence-electron chi connectivity index (χ2n) is 6.87. The Kier molecular flexibility index (Phi) is 8.42. The van der Waals surface area contributed by atoms with Crippen LogP contribution in [0.4, 0.5) is 0 Å². The number of carbonyl (C=O) groups is 1. The Morgan fingerprint density at radius 3 is 2.83 bits per heavy atom. The summed E-state index contributed by atoms with van der Waals surface area (Å²) in [5.74, 6) is 1.79. The summed E-state index contributed by atoms with van der Waals surface area (Å²) in [5, 5.41) is 0. The van der Waals surface area contributed by atoms with Crippen LogP contribution < -0.4 is 4.72 Å². The van der Waals surface area contributed by atoms with Crippen molar-refractivity contribution in [2.45, 2.75) is 64.3 Å². The van der Waals surface area contributed by atoms with E-state index in [9.17, 15) is 9.00 Å². The van der Waals surface area contributed by atoms with E-state index in [-0.39, 0.29) is 5.97 Å². The van der Waals surface area contributed by atoms with Gasteiger partial charge in [-0.25, -0.2) is 8.93 Å². The molecule has 0 heterocycles. The highest BCUT2D eigenvalue weighted by atomic mass is 32.2. The topological polar surface area (TPSA) is 64.6 Å². The van der Waals surface area contributed by atoms with E-state index >= 15 is 0 Å². The van der Waals surface area contributed by atoms with Crippen LogP contribution in [0.2, 0.25) is 0 Å². The number of methoxy groups -OCH3 is 1. The van der Waals surface area contributed by atoms with Crippen LogP contribution >= 0.6 is 0 Å². The molecule has 0 aromatic rings. The summed E-state index contributed by atoms with van der Waals surface area (Å²) in [7, 11) is 1.43. The highest BCUT2D eigenvalue weighted by molar-refractivity contribution is 7.78. The molecule has 2 fully saturated rings. The first-order valence-electron chi connectivity index (χ1n) is 9.18. The summed E-state index contributed by atoms with van der Waals surface area (Å²) < 4.78 is 25.2. The van der Waals surface area contributed by atoms with Crippen molar-refractivity contribution >= 4 is 17.2 Å². The number of rotatable bonds is 11. The fraction of sp³-hybridized carbons (Fsp3) is 0.833. The molecule has 1 N–H and O–H groups in total. The molecule has 138 valence electrons. The molecule has 24 heavy (non-hydrogen) atoms. The maximum Gasteiger partial charge on any atom is 0.305 e. The molecule has 0 amide bonds. The molecule has 0 spiro atoms. The van der Waals surface area contributed by atoms with Gasteiger partial charge < -0.3 is 4.74 Å². The third-order valence-electron chi connectivity index (χ3n) is 5.27. The standard InChI is InChI=1S/C18H31NO4S/c1-3-12-23-24(21)19-18-15-11-10-14(13-15)16(18)8-6-4-5-7-9-17(20)22-2/h4,6,14-16,18-19H,3,5,7-13H2,1-2H3/b6-4-/t14-,15+,16+,18?,24?/m0/s1. The molecule has 2 bridgehead atoms. The Morgan fingerprint density at radius 1 is 1.29 bits per heavy atom. The molecular formula is C18H31NO4S. The first-order valence-corrected chi connectivity index (χ1v) is 10.3. The number of hydrogen-bond acceptors (Lipinski definition) is 4. The number of fused-ring (bicyclic) bond motifs is 2. The van der Waals surface area contributed by atoms with E-state index in [1.165, 1.54) is 26.4 Å². The van der Waals surface area contributed by atoms with Gasteiger partial charge in [-0.1, -0.05) is 19.1 Å². The highest BCUT2D eigenvalue weighted by Gasteiger charge is 2.47. The Hall–Kier alpha value is -0.720. The van der Waals surface area contributed by atoms with Crippen molar-refractivity contribution in [3.05, 3.63) is 12.2 Å². The fourth-order valence-corrected chi connectivity index (χ4v) is 5.05. The lowest BCUT2D eigenvalue weighted by Crippen LogP contribution is -2.42. The number of esters is 1. The Morgan fingerprint density at radius 2 is 2.08 bits per heavy atom. The van der Waals surface area contributed by atoms with Gasteiger partial charge in [0.1, 0.15) is 0 Å². The van der Waals surface area contributed by atoms with Crippen molar-refractivity contribution in [1.29, 1.82) is 0 Å². The fourth-order valence-electron chi connectivity index (χ4n) is 4.07. The lowest BCUT2D eigenvalue weighted by atomic mass is 9.83. The van der Waals surface area contributed by atoms with E-state index in [1.54, 1.807) is 0 Å². The predicted octanol–water partition coefficient (Wildman–Crippen LogP) is 3.29. The van der Waals surface area contributed by atoms with Gasteiger partial charge in [-0.15, -0.1) is 0 Å². The monoisotopic (exact) mass is 357 g/mol. The molecule has 2 unspecified atom stereocenters. The molecule has 2 saturated carbocycles. The van der Waals surface area contributed by atoms with Crippen LogP contribution in [-0.4, -0.2) is 29.9 Å². The van der Waals surface area contributed by atoms with Gasteiger partial charge in [0.2, 0.25) is 11.3 Å². The van der Waals surface area contributed by atoms with Gasteiger partial charge in [-0.3, -0.25) is 8.98 Å². The van der Waals surface area contributed by atoms with Crippen LogP contribution in [0.25, 0.3) is 0 Å². The minimum absolute atomic E-state index is 0.143. The predicted molar refractivity (Wildman–Crippen MR) is 95.3 cm³/mol. The summed E-state index contributed by atoms with van der Waals surface area (Å²) in [6.07, 6.45) is 12.3. The average molecular weight is 358 g/mol. The zero-order valence-corrected chi connectivity index (χ0v) is 15.7. The van der Waals surface area contributed by atoms with Gasteiger partial charge in [-0.05, 0) is 62.7 Å². The number of ether oxygens (including phenoxy) is 1. The minimum atomic E-state index is -1.37. The maximum atomic E-state index is 12.0. The van der Waals surface area contributed by atoms with Crippen molar-refractivity contribution in [2.24, 2.45) is 17.8 Å². The molecule has 0 aliphatic heterocycles. The molecule has 0 aromatic heterocycles. The lowest BCUT2D eigenvalue weighted by Gasteiger charge is -2.30. The molecule has 0 aromatic carbocycles. The molecule has 6 heteroatoms. The summed E-state index contributed by atoms with van der Waals surface area (Å²) >= 11 is -1.37. The van der Waals surface area contributed by atoms with Gasteiger partial charge in [-0.2, -0.15) is 0 Å². The van der Waals surface area contributed by atoms with Crippen molar-refractivity contribution in [2.75, 3.05) is 13.7 Å². The maximum absolute atomic E-state index is 12.0. The van der Waals surface area contributed by atoms with Crippen LogP contribution in [0.15, 0.2) is 12.2 Å². The minimum Gasteiger partial charge on any atom is -0.469 e. The van der Waals surface area contributed by atoms with Gasteiger partial charge in [0.15, 0.2) is 0 Å². The Labute approximate surface area is 148 Å². The number of unbranched alkanes of at least 4 members (excludes halogenated alkanes) is 1. The van der Waals surface area contributed by atoms with Crippen molar-refractivity contribution in [3.8, 4) is 0 Å². The summed E-state index contributed by atoms with van der Waals surface area (Å²) in [6.45, 7) is 2.55. The summed E-state index contributed by atoms with van der Waals surface area (Å²) in [6, 6.07) is 0.307. The molecule has 5 atom stereocenters. The largest absolute Gasteiger partial charge is 0.469 e. The molecule has 2 aliphatic rings. The van der Waals surface area contributed by atoms with E-state index in [2.05, 4.69) is 21.6 Å². The summed E-state index contributed by atoms with van der Waals surface area (Å²) in [4.78, 5) is 11.1. The SMILES string of the molecule is CCCOS(=O)NC1[C@@H]2CC[C@@H](C2)[C@H]1C/C=C\CCCC(=O)OC. The second kappa shape index (κ2) is 10.3. The van der Waals surface area contributed by atoms with Crippen molar-refractivity contribution < 1.29 is 17.9 Å². The quantitative estimate of drug-likeness (QED) is 0.350. The second-order valence-corrected chi connectivity index (χ2v) is 7.81. The van der Waals surface area contributed by atoms with E-state index in [1.807, 2.05) is 6.92 Å². The first-order chi connectivity index (χ1) is 11.7. The van der Waals surface area contributed by atoms with Gasteiger partial charge in [0.25, 0.3) is 0 Å². The third-order valence-corrected chi connectivity index (χ3v) is 6.11. The number of nitrogens with one attached hydrogen (secondary N) is 1. The molecule has 2 rings (SSSR count). The van der Waals surface area contributed by atoms with Crippen LogP contribution in [-0.2, 0) is 25.0 Å². The van der Waals surface area contributed by atoms with Gasteiger partial charge in [0.05, 0.1) is 13.7 Å². The first kappa shape index (κ1) is 19.6. The van der Waals surface area contributed by atoms with E-state index < -0.39 is 11.3 Å². The molecule has 0 saturated heterocycles. The Bertz CT molecular complexity index is 454. The Balaban J connectivity index is 1.75. The zero-order chi connectivity index (χ0) is 17.4. The number of hydrogen-bond donors (Lipinski definition) is 1.